The number of aryl methyl sites for hydroxylation is 1. The van der Waals surface area contributed by atoms with Crippen molar-refractivity contribution >= 4 is 17.6 Å². The maximum absolute atomic E-state index is 11.8. The molecule has 0 saturated heterocycles. The van der Waals surface area contributed by atoms with Crippen LogP contribution in [0.3, 0.4) is 0 Å². The van der Waals surface area contributed by atoms with E-state index in [1.165, 1.54) is 7.11 Å². The van der Waals surface area contributed by atoms with Crippen molar-refractivity contribution < 1.29 is 14.3 Å². The monoisotopic (exact) mass is 247 g/mol. The predicted octanol–water partition coefficient (Wildman–Crippen LogP) is 2.38. The molecule has 1 amide bonds. The van der Waals surface area contributed by atoms with Gasteiger partial charge in [-0.15, -0.1) is 0 Å². The summed E-state index contributed by atoms with van der Waals surface area (Å²) in [5, 5.41) is 2.90. The Morgan fingerprint density at radius 3 is 2.56 bits per heavy atom. The highest BCUT2D eigenvalue weighted by Crippen LogP contribution is 2.38. The van der Waals surface area contributed by atoms with Crippen molar-refractivity contribution in [2.45, 2.75) is 20.3 Å². The number of benzene rings is 1. The standard InChI is InChI=1S/C14H17NO3/c1-8-7-11(8)13(16)15-12-5-4-10(6-9(12)2)14(17)18-3/h4-6,8,11H,7H2,1-3H3,(H,15,16)/t8-,11+/m1/s1. The van der Waals surface area contributed by atoms with Crippen molar-refractivity contribution in [2.75, 3.05) is 12.4 Å². The molecule has 18 heavy (non-hydrogen) atoms. The first-order valence-electron chi connectivity index (χ1n) is 6.02. The van der Waals surface area contributed by atoms with Crippen LogP contribution in [0.25, 0.3) is 0 Å². The number of carbonyl (C=O) groups is 2. The Morgan fingerprint density at radius 1 is 1.39 bits per heavy atom. The van der Waals surface area contributed by atoms with Crippen LogP contribution in [0.1, 0.15) is 29.3 Å². The lowest BCUT2D eigenvalue weighted by Gasteiger charge is -2.09. The molecule has 1 aromatic rings. The lowest BCUT2D eigenvalue weighted by molar-refractivity contribution is -0.117. The number of carbonyl (C=O) groups excluding carboxylic acids is 2. The van der Waals surface area contributed by atoms with E-state index in [4.69, 9.17) is 0 Å². The summed E-state index contributed by atoms with van der Waals surface area (Å²) in [7, 11) is 1.35. The molecule has 4 nitrogen and oxygen atoms in total. The Bertz CT molecular complexity index is 496. The number of nitrogens with one attached hydrogen (secondary N) is 1. The summed E-state index contributed by atoms with van der Waals surface area (Å²) in [6, 6.07) is 5.12. The Kier molecular flexibility index (Phi) is 3.36. The quantitative estimate of drug-likeness (QED) is 0.834. The molecule has 2 rings (SSSR count). The zero-order valence-electron chi connectivity index (χ0n) is 10.8. The number of esters is 1. The van der Waals surface area contributed by atoms with E-state index in [0.29, 0.717) is 11.5 Å². The second kappa shape index (κ2) is 4.80. The van der Waals surface area contributed by atoms with Gasteiger partial charge in [0.05, 0.1) is 12.7 Å². The molecule has 0 heterocycles. The van der Waals surface area contributed by atoms with Crippen LogP contribution in [-0.4, -0.2) is 19.0 Å². The third kappa shape index (κ3) is 2.53. The molecule has 0 unspecified atom stereocenters. The number of anilines is 1. The minimum Gasteiger partial charge on any atom is -0.465 e. The van der Waals surface area contributed by atoms with E-state index in [1.807, 2.05) is 6.92 Å². The maximum atomic E-state index is 11.8. The molecule has 1 aliphatic carbocycles. The Labute approximate surface area is 106 Å². The average Bonchev–Trinajstić information content (AvgIpc) is 3.08. The van der Waals surface area contributed by atoms with Crippen molar-refractivity contribution in [3.8, 4) is 0 Å². The summed E-state index contributed by atoms with van der Waals surface area (Å²) < 4.78 is 4.65. The number of amides is 1. The fourth-order valence-electron chi connectivity index (χ4n) is 1.96. The molecular weight excluding hydrogens is 230 g/mol. The molecule has 1 saturated carbocycles. The molecule has 96 valence electrons. The van der Waals surface area contributed by atoms with Gasteiger partial charge in [0.2, 0.25) is 5.91 Å². The summed E-state index contributed by atoms with van der Waals surface area (Å²) in [4.78, 5) is 23.2. The minimum absolute atomic E-state index is 0.0661. The maximum Gasteiger partial charge on any atom is 0.337 e. The molecule has 0 bridgehead atoms. The smallest absolute Gasteiger partial charge is 0.337 e. The van der Waals surface area contributed by atoms with E-state index in [0.717, 1.165) is 17.7 Å². The van der Waals surface area contributed by atoms with Gasteiger partial charge in [-0.3, -0.25) is 4.79 Å². The summed E-state index contributed by atoms with van der Waals surface area (Å²) in [6.45, 7) is 3.93. The van der Waals surface area contributed by atoms with E-state index in [2.05, 4.69) is 17.0 Å². The Balaban J connectivity index is 2.10. The number of ether oxygens (including phenoxy) is 1. The molecule has 0 radical (unpaired) electrons. The summed E-state index contributed by atoms with van der Waals surface area (Å²) >= 11 is 0. The van der Waals surface area contributed by atoms with Gasteiger partial charge >= 0.3 is 5.97 Å². The first-order chi connectivity index (χ1) is 8.52. The first kappa shape index (κ1) is 12.6. The molecular formula is C14H17NO3. The molecule has 0 aromatic heterocycles. The number of hydrogen-bond acceptors (Lipinski definition) is 3. The number of rotatable bonds is 3. The van der Waals surface area contributed by atoms with Gasteiger partial charge in [-0.25, -0.2) is 4.79 Å². The molecule has 0 aliphatic heterocycles. The van der Waals surface area contributed by atoms with E-state index < -0.39 is 0 Å². The third-order valence-corrected chi connectivity index (χ3v) is 3.35. The predicted molar refractivity (Wildman–Crippen MR) is 68.4 cm³/mol. The molecule has 1 N–H and O–H groups in total. The SMILES string of the molecule is COC(=O)c1ccc(NC(=O)[C@H]2C[C@H]2C)c(C)c1. The summed E-state index contributed by atoms with van der Waals surface area (Å²) in [6.07, 6.45) is 0.963. The topological polar surface area (TPSA) is 55.4 Å². The number of methoxy groups -OCH3 is 1. The Hall–Kier alpha value is -1.84. The van der Waals surface area contributed by atoms with Crippen LogP contribution in [0.4, 0.5) is 5.69 Å². The van der Waals surface area contributed by atoms with Gasteiger partial charge in [0.15, 0.2) is 0 Å². The van der Waals surface area contributed by atoms with Crippen molar-refractivity contribution in [1.29, 1.82) is 0 Å². The van der Waals surface area contributed by atoms with E-state index in [-0.39, 0.29) is 17.8 Å². The van der Waals surface area contributed by atoms with Gasteiger partial charge < -0.3 is 10.1 Å². The average molecular weight is 247 g/mol. The van der Waals surface area contributed by atoms with Crippen LogP contribution in [0.2, 0.25) is 0 Å². The lowest BCUT2D eigenvalue weighted by Crippen LogP contribution is -2.15. The largest absolute Gasteiger partial charge is 0.465 e. The molecule has 0 spiro atoms. The highest BCUT2D eigenvalue weighted by atomic mass is 16.5. The van der Waals surface area contributed by atoms with Crippen LogP contribution in [0.15, 0.2) is 18.2 Å². The van der Waals surface area contributed by atoms with Crippen LogP contribution >= 0.6 is 0 Å². The van der Waals surface area contributed by atoms with E-state index >= 15 is 0 Å². The van der Waals surface area contributed by atoms with E-state index in [9.17, 15) is 9.59 Å². The van der Waals surface area contributed by atoms with Crippen molar-refractivity contribution in [3.63, 3.8) is 0 Å². The molecule has 4 heteroatoms. The molecule has 1 aliphatic rings. The lowest BCUT2D eigenvalue weighted by atomic mass is 10.1. The number of hydrogen-bond donors (Lipinski definition) is 1. The summed E-state index contributed by atoms with van der Waals surface area (Å²) in [5.74, 6) is 0.326. The van der Waals surface area contributed by atoms with Crippen molar-refractivity contribution in [1.82, 2.24) is 0 Å². The minimum atomic E-state index is -0.369. The molecule has 1 fully saturated rings. The van der Waals surface area contributed by atoms with Gasteiger partial charge in [-0.1, -0.05) is 6.92 Å². The zero-order chi connectivity index (χ0) is 13.3. The normalized spacial score (nSPS) is 21.3. The van der Waals surface area contributed by atoms with Gasteiger partial charge in [-0.05, 0) is 43.0 Å². The van der Waals surface area contributed by atoms with Crippen LogP contribution in [0.5, 0.6) is 0 Å². The first-order valence-corrected chi connectivity index (χ1v) is 6.02. The van der Waals surface area contributed by atoms with Crippen molar-refractivity contribution in [3.05, 3.63) is 29.3 Å². The van der Waals surface area contributed by atoms with Gasteiger partial charge in [-0.2, -0.15) is 0 Å². The molecule has 1 aromatic carbocycles. The Morgan fingerprint density at radius 2 is 2.06 bits per heavy atom. The van der Waals surface area contributed by atoms with Gasteiger partial charge in [0.25, 0.3) is 0 Å². The van der Waals surface area contributed by atoms with Crippen LogP contribution < -0.4 is 5.32 Å². The fourth-order valence-corrected chi connectivity index (χ4v) is 1.96. The summed E-state index contributed by atoms with van der Waals surface area (Å²) in [5.41, 5.74) is 2.11. The fraction of sp³-hybridized carbons (Fsp3) is 0.429. The molecule has 2 atom stereocenters. The zero-order valence-corrected chi connectivity index (χ0v) is 10.8. The second-order valence-electron chi connectivity index (χ2n) is 4.83. The van der Waals surface area contributed by atoms with Crippen molar-refractivity contribution in [2.24, 2.45) is 11.8 Å². The van der Waals surface area contributed by atoms with E-state index in [1.54, 1.807) is 18.2 Å². The highest BCUT2D eigenvalue weighted by molar-refractivity contribution is 5.96. The highest BCUT2D eigenvalue weighted by Gasteiger charge is 2.39. The van der Waals surface area contributed by atoms with Crippen LogP contribution in [-0.2, 0) is 9.53 Å². The third-order valence-electron chi connectivity index (χ3n) is 3.35. The van der Waals surface area contributed by atoms with Gasteiger partial charge in [0.1, 0.15) is 0 Å². The second-order valence-corrected chi connectivity index (χ2v) is 4.83. The van der Waals surface area contributed by atoms with Gasteiger partial charge in [0, 0.05) is 11.6 Å². The van der Waals surface area contributed by atoms with Crippen LogP contribution in [0, 0.1) is 18.8 Å².